The number of carbonyl (C=O) groups is 1. The highest BCUT2D eigenvalue weighted by Crippen LogP contribution is 2.18. The average molecular weight is 189 g/mol. The van der Waals surface area contributed by atoms with E-state index in [4.69, 9.17) is 0 Å². The quantitative estimate of drug-likeness (QED) is 0.660. The molecule has 2 nitrogen and oxygen atoms in total. The minimum absolute atomic E-state index is 0.237. The normalized spacial score (nSPS) is 13.4. The van der Waals surface area contributed by atoms with Gasteiger partial charge in [-0.3, -0.25) is 4.79 Å². The number of nitrogens with zero attached hydrogens (tertiary/aromatic N) is 1. The van der Waals surface area contributed by atoms with Crippen molar-refractivity contribution < 1.29 is 4.79 Å². The Morgan fingerprint density at radius 3 is 2.42 bits per heavy atom. The van der Waals surface area contributed by atoms with Gasteiger partial charge in [0.15, 0.2) is 5.12 Å². The third kappa shape index (κ3) is 6.68. The van der Waals surface area contributed by atoms with E-state index in [1.165, 1.54) is 11.8 Å². The Balaban J connectivity index is 3.60. The fourth-order valence-corrected chi connectivity index (χ4v) is 1.84. The molecule has 0 fully saturated rings. The molecule has 3 heteroatoms. The molecule has 0 aliphatic rings. The van der Waals surface area contributed by atoms with E-state index in [2.05, 4.69) is 25.9 Å². The van der Waals surface area contributed by atoms with Crippen molar-refractivity contribution in [2.45, 2.75) is 31.9 Å². The van der Waals surface area contributed by atoms with E-state index in [0.29, 0.717) is 5.25 Å². The molecular formula is C9H19NOS. The molecule has 72 valence electrons. The molecule has 0 aromatic carbocycles. The van der Waals surface area contributed by atoms with Crippen LogP contribution in [0.3, 0.4) is 0 Å². The highest BCUT2D eigenvalue weighted by atomic mass is 32.2. The Morgan fingerprint density at radius 1 is 1.50 bits per heavy atom. The van der Waals surface area contributed by atoms with Crippen molar-refractivity contribution in [3.8, 4) is 0 Å². The van der Waals surface area contributed by atoms with E-state index in [1.807, 2.05) is 0 Å². The Kier molecular flexibility index (Phi) is 6.48. The van der Waals surface area contributed by atoms with Crippen LogP contribution >= 0.6 is 11.8 Å². The van der Waals surface area contributed by atoms with Crippen LogP contribution in [0.2, 0.25) is 0 Å². The van der Waals surface area contributed by atoms with E-state index < -0.39 is 0 Å². The minimum atomic E-state index is 0.237. The summed E-state index contributed by atoms with van der Waals surface area (Å²) in [4.78, 5) is 13.0. The summed E-state index contributed by atoms with van der Waals surface area (Å²) < 4.78 is 0. The van der Waals surface area contributed by atoms with Crippen molar-refractivity contribution in [3.63, 3.8) is 0 Å². The number of hydrogen-bond donors (Lipinski definition) is 0. The summed E-state index contributed by atoms with van der Waals surface area (Å²) in [5.74, 6) is 0. The Bertz CT molecular complexity index is 136. The Labute approximate surface area is 79.7 Å². The van der Waals surface area contributed by atoms with Crippen molar-refractivity contribution >= 4 is 16.9 Å². The summed E-state index contributed by atoms with van der Waals surface area (Å²) in [5.41, 5.74) is 0. The van der Waals surface area contributed by atoms with E-state index in [1.54, 1.807) is 6.92 Å². The first kappa shape index (κ1) is 12.0. The summed E-state index contributed by atoms with van der Waals surface area (Å²) >= 11 is 1.48. The van der Waals surface area contributed by atoms with Crippen molar-refractivity contribution in [3.05, 3.63) is 0 Å². The second-order valence-corrected chi connectivity index (χ2v) is 4.71. The van der Waals surface area contributed by atoms with Crippen LogP contribution in [-0.4, -0.2) is 35.9 Å². The van der Waals surface area contributed by atoms with Crippen LogP contribution in [0.4, 0.5) is 0 Å². The van der Waals surface area contributed by atoms with Gasteiger partial charge in [0.25, 0.3) is 0 Å². The topological polar surface area (TPSA) is 20.3 Å². The van der Waals surface area contributed by atoms with Gasteiger partial charge in [0.05, 0.1) is 0 Å². The Hall–Kier alpha value is -0.0200. The molecule has 0 aliphatic carbocycles. The molecule has 0 radical (unpaired) electrons. The zero-order valence-electron chi connectivity index (χ0n) is 8.46. The molecule has 0 aromatic rings. The lowest BCUT2D eigenvalue weighted by molar-refractivity contribution is -0.109. The molecule has 0 rings (SSSR count). The molecule has 0 saturated heterocycles. The summed E-state index contributed by atoms with van der Waals surface area (Å²) in [6.45, 7) is 4.85. The minimum Gasteiger partial charge on any atom is -0.309 e. The van der Waals surface area contributed by atoms with Crippen molar-refractivity contribution in [2.75, 3.05) is 20.6 Å². The van der Waals surface area contributed by atoms with Crippen molar-refractivity contribution in [1.82, 2.24) is 4.90 Å². The van der Waals surface area contributed by atoms with Gasteiger partial charge in [-0.1, -0.05) is 18.7 Å². The van der Waals surface area contributed by atoms with Gasteiger partial charge in [0.1, 0.15) is 0 Å². The standard InChI is InChI=1S/C9H19NOS/c1-5-9(12-8(2)11)6-7-10(3)4/h9H,5-7H2,1-4H3. The van der Waals surface area contributed by atoms with Crippen LogP contribution in [0, 0.1) is 0 Å². The summed E-state index contributed by atoms with van der Waals surface area (Å²) in [6, 6.07) is 0. The van der Waals surface area contributed by atoms with Gasteiger partial charge in [-0.05, 0) is 33.5 Å². The first-order valence-corrected chi connectivity index (χ1v) is 5.26. The van der Waals surface area contributed by atoms with Crippen molar-refractivity contribution in [1.29, 1.82) is 0 Å². The summed E-state index contributed by atoms with van der Waals surface area (Å²) in [5, 5.41) is 0.741. The van der Waals surface area contributed by atoms with Crippen LogP contribution in [0.25, 0.3) is 0 Å². The second kappa shape index (κ2) is 6.49. The molecule has 0 aliphatic heterocycles. The molecule has 1 unspecified atom stereocenters. The third-order valence-corrected chi connectivity index (χ3v) is 2.92. The van der Waals surface area contributed by atoms with Crippen LogP contribution in [0.1, 0.15) is 26.7 Å². The molecular weight excluding hydrogens is 170 g/mol. The van der Waals surface area contributed by atoms with Gasteiger partial charge < -0.3 is 4.90 Å². The zero-order chi connectivity index (χ0) is 9.56. The SMILES string of the molecule is CCC(CCN(C)C)SC(C)=O. The first-order valence-electron chi connectivity index (χ1n) is 4.38. The smallest absolute Gasteiger partial charge is 0.186 e. The summed E-state index contributed by atoms with van der Waals surface area (Å²) in [6.07, 6.45) is 2.19. The maximum absolute atomic E-state index is 10.8. The molecule has 0 saturated carbocycles. The molecule has 12 heavy (non-hydrogen) atoms. The number of carbonyl (C=O) groups excluding carboxylic acids is 1. The maximum atomic E-state index is 10.8. The van der Waals surface area contributed by atoms with Crippen LogP contribution < -0.4 is 0 Å². The number of thioether (sulfide) groups is 1. The van der Waals surface area contributed by atoms with Crippen LogP contribution in [0.5, 0.6) is 0 Å². The zero-order valence-corrected chi connectivity index (χ0v) is 9.28. The second-order valence-electron chi connectivity index (χ2n) is 3.23. The van der Waals surface area contributed by atoms with Gasteiger partial charge >= 0.3 is 0 Å². The lowest BCUT2D eigenvalue weighted by atomic mass is 10.2. The lowest BCUT2D eigenvalue weighted by Crippen LogP contribution is -2.18. The first-order chi connectivity index (χ1) is 5.56. The van der Waals surface area contributed by atoms with Gasteiger partial charge in [0.2, 0.25) is 0 Å². The molecule has 0 spiro atoms. The predicted molar refractivity (Wildman–Crippen MR) is 55.5 cm³/mol. The molecule has 0 aromatic heterocycles. The van der Waals surface area contributed by atoms with Gasteiger partial charge in [-0.15, -0.1) is 0 Å². The fraction of sp³-hybridized carbons (Fsp3) is 0.889. The lowest BCUT2D eigenvalue weighted by Gasteiger charge is -2.15. The monoisotopic (exact) mass is 189 g/mol. The molecule has 0 heterocycles. The van der Waals surface area contributed by atoms with E-state index in [9.17, 15) is 4.79 Å². The maximum Gasteiger partial charge on any atom is 0.186 e. The average Bonchev–Trinajstić information content (AvgIpc) is 1.97. The van der Waals surface area contributed by atoms with E-state index >= 15 is 0 Å². The Morgan fingerprint density at radius 2 is 2.08 bits per heavy atom. The summed E-state index contributed by atoms with van der Waals surface area (Å²) in [7, 11) is 4.12. The third-order valence-electron chi connectivity index (χ3n) is 1.69. The number of hydrogen-bond acceptors (Lipinski definition) is 3. The van der Waals surface area contributed by atoms with Crippen LogP contribution in [-0.2, 0) is 4.79 Å². The van der Waals surface area contributed by atoms with E-state index in [0.717, 1.165) is 19.4 Å². The predicted octanol–water partition coefficient (Wildman–Crippen LogP) is 2.00. The van der Waals surface area contributed by atoms with Crippen molar-refractivity contribution in [2.24, 2.45) is 0 Å². The fourth-order valence-electron chi connectivity index (χ4n) is 0.983. The number of rotatable bonds is 5. The molecule has 0 amide bonds. The molecule has 1 atom stereocenters. The van der Waals surface area contributed by atoms with Crippen LogP contribution in [0.15, 0.2) is 0 Å². The highest BCUT2D eigenvalue weighted by molar-refractivity contribution is 8.14. The van der Waals surface area contributed by atoms with Gasteiger partial charge in [-0.25, -0.2) is 0 Å². The molecule has 0 N–H and O–H groups in total. The molecule has 0 bridgehead atoms. The van der Waals surface area contributed by atoms with Gasteiger partial charge in [-0.2, -0.15) is 0 Å². The van der Waals surface area contributed by atoms with Gasteiger partial charge in [0, 0.05) is 12.2 Å². The highest BCUT2D eigenvalue weighted by Gasteiger charge is 2.09. The van der Waals surface area contributed by atoms with E-state index in [-0.39, 0.29) is 5.12 Å². The largest absolute Gasteiger partial charge is 0.309 e.